The number of fused-ring (bicyclic) bond motifs is 2. The van der Waals surface area contributed by atoms with Crippen LogP contribution < -0.4 is 9.96 Å². The molecule has 0 spiro atoms. The smallest absolute Gasteiger partial charge is 0.134 e. The molecule has 2 unspecified atom stereocenters. The number of hydrogen-bond donors (Lipinski definition) is 2. The minimum Gasteiger partial charge on any atom is -0.629 e. The number of H-pyrrole nitrogens is 1. The Hall–Kier alpha value is -2.34. The van der Waals surface area contributed by atoms with Gasteiger partial charge in [0.05, 0.1) is 6.04 Å². The third-order valence-corrected chi connectivity index (χ3v) is 6.72. The number of aromatic nitrogens is 1. The van der Waals surface area contributed by atoms with E-state index < -0.39 is 0 Å². The Balaban J connectivity index is 1.09. The summed E-state index contributed by atoms with van der Waals surface area (Å²) in [5, 5.41) is 14.4. The molecule has 1 saturated heterocycles. The van der Waals surface area contributed by atoms with Crippen molar-refractivity contribution in [3.05, 3.63) is 65.5 Å². The number of hydrogen-bond acceptors (Lipinski definition) is 3. The molecule has 0 radical (unpaired) electrons. The van der Waals surface area contributed by atoms with Gasteiger partial charge in [0.25, 0.3) is 0 Å². The van der Waals surface area contributed by atoms with Crippen LogP contribution in [0, 0.1) is 5.21 Å². The Morgan fingerprint density at radius 1 is 1.03 bits per heavy atom. The van der Waals surface area contributed by atoms with Gasteiger partial charge in [-0.25, -0.2) is 0 Å². The number of rotatable bonds is 5. The molecule has 0 bridgehead atoms. The van der Waals surface area contributed by atoms with Crippen molar-refractivity contribution < 1.29 is 5.06 Å². The van der Waals surface area contributed by atoms with E-state index in [1.54, 1.807) is 0 Å². The molecule has 2 N–H and O–H groups in total. The maximum absolute atomic E-state index is 12.7. The third-order valence-electron chi connectivity index (χ3n) is 6.72. The first-order valence-electron chi connectivity index (χ1n) is 10.9. The first kappa shape index (κ1) is 18.7. The zero-order valence-corrected chi connectivity index (χ0v) is 16.9. The normalized spacial score (nSPS) is 22.7. The summed E-state index contributed by atoms with van der Waals surface area (Å²) in [7, 11) is 0. The molecule has 5 rings (SSSR count). The van der Waals surface area contributed by atoms with Crippen LogP contribution in [0.25, 0.3) is 10.9 Å². The van der Waals surface area contributed by atoms with Crippen LogP contribution in [0.15, 0.2) is 54.7 Å². The molecule has 2 aliphatic rings. The molecule has 0 aliphatic carbocycles. The number of anilines is 1. The Kier molecular flexibility index (Phi) is 5.27. The standard InChI is InChI=1S/C24H30N4O/c29-28-21(8-7-19-4-1-2-6-24(19)28)5-3-13-26-14-16-27(17-15-26)22-9-10-23-20(18-22)11-12-25-23/h1-2,4,6,9-12,18,21,25,28H,3,5,7-8,13-17H2. The second-order valence-corrected chi connectivity index (χ2v) is 8.48. The lowest BCUT2D eigenvalue weighted by atomic mass is 9.95. The highest BCUT2D eigenvalue weighted by Gasteiger charge is 2.26. The summed E-state index contributed by atoms with van der Waals surface area (Å²) < 4.78 is 0. The highest BCUT2D eigenvalue weighted by molar-refractivity contribution is 5.83. The van der Waals surface area contributed by atoms with Crippen molar-refractivity contribution in [2.75, 3.05) is 37.6 Å². The Morgan fingerprint density at radius 3 is 2.79 bits per heavy atom. The highest BCUT2D eigenvalue weighted by Crippen LogP contribution is 2.23. The van der Waals surface area contributed by atoms with Crippen LogP contribution in [0.5, 0.6) is 0 Å². The predicted octanol–water partition coefficient (Wildman–Crippen LogP) is 3.10. The predicted molar refractivity (Wildman–Crippen MR) is 119 cm³/mol. The number of aryl methyl sites for hydroxylation is 1. The summed E-state index contributed by atoms with van der Waals surface area (Å²) in [6, 6.07) is 17.2. The molecule has 29 heavy (non-hydrogen) atoms. The minimum absolute atomic E-state index is 0.222. The highest BCUT2D eigenvalue weighted by atomic mass is 16.5. The molecular formula is C24H30N4O. The van der Waals surface area contributed by atoms with Gasteiger partial charge in [0, 0.05) is 67.4 Å². The third kappa shape index (κ3) is 3.90. The summed E-state index contributed by atoms with van der Waals surface area (Å²) >= 11 is 0. The number of nitrogens with zero attached hydrogens (tertiary/aromatic N) is 2. The SMILES string of the molecule is [O-][NH+]1c2ccccc2CCC1CCCN1CCN(c2ccc3[nH]ccc3c2)CC1. The topological polar surface area (TPSA) is 49.8 Å². The van der Waals surface area contributed by atoms with Crippen LogP contribution in [0.3, 0.4) is 0 Å². The Bertz CT molecular complexity index is 960. The van der Waals surface area contributed by atoms with Crippen molar-refractivity contribution in [2.24, 2.45) is 0 Å². The van der Waals surface area contributed by atoms with Gasteiger partial charge in [-0.1, -0.05) is 18.2 Å². The number of hydroxylamine groups is 1. The number of quaternary nitrogens is 1. The maximum Gasteiger partial charge on any atom is 0.134 e. The van der Waals surface area contributed by atoms with Crippen molar-refractivity contribution in [1.29, 1.82) is 0 Å². The zero-order valence-electron chi connectivity index (χ0n) is 16.9. The van der Waals surface area contributed by atoms with Gasteiger partial charge in [-0.15, -0.1) is 0 Å². The molecule has 2 aromatic carbocycles. The van der Waals surface area contributed by atoms with Crippen LogP contribution in [0.4, 0.5) is 11.4 Å². The molecule has 0 saturated carbocycles. The van der Waals surface area contributed by atoms with Crippen molar-refractivity contribution in [1.82, 2.24) is 9.88 Å². The summed E-state index contributed by atoms with van der Waals surface area (Å²) in [4.78, 5) is 8.32. The van der Waals surface area contributed by atoms with Crippen molar-refractivity contribution >= 4 is 22.3 Å². The first-order chi connectivity index (χ1) is 14.3. The van der Waals surface area contributed by atoms with Gasteiger partial charge in [0.2, 0.25) is 0 Å². The molecule has 1 aromatic heterocycles. The molecule has 1 fully saturated rings. The van der Waals surface area contributed by atoms with E-state index in [2.05, 4.69) is 45.1 Å². The lowest BCUT2D eigenvalue weighted by Crippen LogP contribution is -3.07. The van der Waals surface area contributed by atoms with Gasteiger partial charge in [-0.3, -0.25) is 4.90 Å². The van der Waals surface area contributed by atoms with Gasteiger partial charge in [0.1, 0.15) is 5.69 Å². The van der Waals surface area contributed by atoms with E-state index in [4.69, 9.17) is 0 Å². The van der Waals surface area contributed by atoms with E-state index in [1.807, 2.05) is 24.4 Å². The van der Waals surface area contributed by atoms with E-state index in [9.17, 15) is 5.21 Å². The molecular weight excluding hydrogens is 360 g/mol. The van der Waals surface area contributed by atoms with Crippen molar-refractivity contribution in [3.63, 3.8) is 0 Å². The van der Waals surface area contributed by atoms with E-state index in [1.165, 1.54) is 22.2 Å². The molecule has 3 heterocycles. The van der Waals surface area contributed by atoms with Gasteiger partial charge in [0.15, 0.2) is 0 Å². The number of para-hydroxylation sites is 1. The molecule has 5 heteroatoms. The van der Waals surface area contributed by atoms with Gasteiger partial charge >= 0.3 is 0 Å². The molecule has 152 valence electrons. The zero-order chi connectivity index (χ0) is 19.6. The summed E-state index contributed by atoms with van der Waals surface area (Å²) in [5.74, 6) is 0. The lowest BCUT2D eigenvalue weighted by Gasteiger charge is -2.38. The maximum atomic E-state index is 12.7. The van der Waals surface area contributed by atoms with Gasteiger partial charge < -0.3 is 20.2 Å². The van der Waals surface area contributed by atoms with Crippen LogP contribution in [-0.4, -0.2) is 48.6 Å². The molecule has 5 nitrogen and oxygen atoms in total. The fourth-order valence-corrected chi connectivity index (χ4v) is 4.96. The number of nitrogens with one attached hydrogen (secondary N) is 2. The molecule has 3 aromatic rings. The second kappa shape index (κ2) is 8.19. The summed E-state index contributed by atoms with van der Waals surface area (Å²) in [5.41, 5.74) is 4.73. The Labute approximate surface area is 172 Å². The second-order valence-electron chi connectivity index (χ2n) is 8.48. The summed E-state index contributed by atoms with van der Waals surface area (Å²) in [6.07, 6.45) is 6.22. The van der Waals surface area contributed by atoms with Crippen molar-refractivity contribution in [3.8, 4) is 0 Å². The van der Waals surface area contributed by atoms with E-state index in [0.717, 1.165) is 64.1 Å². The minimum atomic E-state index is 0.222. The first-order valence-corrected chi connectivity index (χ1v) is 10.9. The van der Waals surface area contributed by atoms with Gasteiger partial charge in [-0.2, -0.15) is 0 Å². The van der Waals surface area contributed by atoms with Gasteiger partial charge in [-0.05, 0) is 49.7 Å². The summed E-state index contributed by atoms with van der Waals surface area (Å²) in [6.45, 7) is 5.46. The molecule has 0 amide bonds. The van der Waals surface area contributed by atoms with Crippen molar-refractivity contribution in [2.45, 2.75) is 31.7 Å². The van der Waals surface area contributed by atoms with Crippen LogP contribution in [-0.2, 0) is 6.42 Å². The van der Waals surface area contributed by atoms with Crippen LogP contribution >= 0.6 is 0 Å². The quantitative estimate of drug-likeness (QED) is 0.658. The van der Waals surface area contributed by atoms with Crippen LogP contribution in [0.2, 0.25) is 0 Å². The average molecular weight is 391 g/mol. The number of benzene rings is 2. The fourth-order valence-electron chi connectivity index (χ4n) is 4.96. The Morgan fingerprint density at radius 2 is 1.90 bits per heavy atom. The van der Waals surface area contributed by atoms with E-state index in [0.29, 0.717) is 5.06 Å². The van der Waals surface area contributed by atoms with Crippen LogP contribution in [0.1, 0.15) is 24.8 Å². The van der Waals surface area contributed by atoms with E-state index >= 15 is 0 Å². The number of piperazine rings is 1. The van der Waals surface area contributed by atoms with E-state index in [-0.39, 0.29) is 6.04 Å². The molecule has 2 atom stereocenters. The fraction of sp³-hybridized carbons (Fsp3) is 0.417. The monoisotopic (exact) mass is 390 g/mol. The molecule has 2 aliphatic heterocycles. The lowest BCUT2D eigenvalue weighted by molar-refractivity contribution is -0.811. The number of aromatic amines is 1. The average Bonchev–Trinajstić information content (AvgIpc) is 3.24. The largest absolute Gasteiger partial charge is 0.629 e.